The number of ether oxygens (including phenoxy) is 2. The zero-order valence-corrected chi connectivity index (χ0v) is 7.76. The largest absolute Gasteiger partial charge is 0.469 e. The molecule has 0 saturated heterocycles. The number of nitrogens with zero attached hydrogens (tertiary/aromatic N) is 3. The summed E-state index contributed by atoms with van der Waals surface area (Å²) in [6.45, 7) is 0. The first-order valence-corrected chi connectivity index (χ1v) is 3.50. The van der Waals surface area contributed by atoms with Crippen molar-refractivity contribution in [3.8, 4) is 0 Å². The van der Waals surface area contributed by atoms with Crippen molar-refractivity contribution < 1.29 is 19.1 Å². The van der Waals surface area contributed by atoms with Crippen molar-refractivity contribution in [3.05, 3.63) is 10.4 Å². The van der Waals surface area contributed by atoms with Gasteiger partial charge in [0.1, 0.15) is 0 Å². The van der Waals surface area contributed by atoms with Crippen LogP contribution in [-0.4, -0.2) is 31.8 Å². The van der Waals surface area contributed by atoms with E-state index in [2.05, 4.69) is 19.5 Å². The molecule has 1 atom stereocenters. The van der Waals surface area contributed by atoms with Crippen LogP contribution in [0.2, 0.25) is 0 Å². The van der Waals surface area contributed by atoms with Crippen LogP contribution in [0.1, 0.15) is 6.42 Å². The topological polar surface area (TPSA) is 127 Å². The molecule has 8 heteroatoms. The molecule has 0 radical (unpaired) electrons. The van der Waals surface area contributed by atoms with E-state index in [0.29, 0.717) is 0 Å². The van der Waals surface area contributed by atoms with Gasteiger partial charge in [0.15, 0.2) is 0 Å². The molecule has 0 spiro atoms. The maximum Gasteiger partial charge on any atom is 0.332 e. The third-order valence-electron chi connectivity index (χ3n) is 1.40. The van der Waals surface area contributed by atoms with E-state index < -0.39 is 24.0 Å². The number of carbonyl (C=O) groups excluding carboxylic acids is 2. The number of hydrogen-bond acceptors (Lipinski definition) is 6. The molecule has 1 unspecified atom stereocenters. The zero-order chi connectivity index (χ0) is 11.2. The van der Waals surface area contributed by atoms with Gasteiger partial charge in [-0.1, -0.05) is 5.11 Å². The normalized spacial score (nSPS) is 13.4. The highest BCUT2D eigenvalue weighted by Gasteiger charge is 2.37. The van der Waals surface area contributed by atoms with E-state index in [9.17, 15) is 9.59 Å². The second kappa shape index (κ2) is 5.05. The molecule has 14 heavy (non-hydrogen) atoms. The molecule has 0 saturated carbocycles. The molecular formula is C6H10N4O4. The molecule has 0 aromatic heterocycles. The Morgan fingerprint density at radius 3 is 2.43 bits per heavy atom. The van der Waals surface area contributed by atoms with Gasteiger partial charge in [-0.3, -0.25) is 4.79 Å². The quantitative estimate of drug-likeness (QED) is 0.289. The van der Waals surface area contributed by atoms with E-state index in [1.165, 1.54) is 0 Å². The van der Waals surface area contributed by atoms with Crippen LogP contribution in [0.25, 0.3) is 10.4 Å². The molecule has 0 bridgehead atoms. The van der Waals surface area contributed by atoms with Crippen molar-refractivity contribution in [2.45, 2.75) is 12.1 Å². The standard InChI is InChI=1S/C6H10N4O4/c1-13-4(11)3-6(7,9-10-8)5(12)14-2/h3,7H2,1-2H3. The van der Waals surface area contributed by atoms with Crippen molar-refractivity contribution in [2.75, 3.05) is 14.2 Å². The Labute approximate surface area is 79.6 Å². The summed E-state index contributed by atoms with van der Waals surface area (Å²) in [7, 11) is 2.18. The third-order valence-corrected chi connectivity index (χ3v) is 1.40. The number of esters is 2. The van der Waals surface area contributed by atoms with Gasteiger partial charge in [0.05, 0.1) is 20.6 Å². The molecule has 78 valence electrons. The van der Waals surface area contributed by atoms with Crippen LogP contribution in [0.15, 0.2) is 5.11 Å². The van der Waals surface area contributed by atoms with Crippen LogP contribution in [0, 0.1) is 0 Å². The SMILES string of the molecule is COC(=O)CC(N)(N=[N+]=[N-])C(=O)OC. The number of nitrogens with two attached hydrogens (primary N) is 1. The van der Waals surface area contributed by atoms with Gasteiger partial charge in [0.25, 0.3) is 0 Å². The van der Waals surface area contributed by atoms with Crippen LogP contribution < -0.4 is 5.73 Å². The Bertz CT molecular complexity index is 286. The molecule has 0 aliphatic carbocycles. The first-order chi connectivity index (χ1) is 6.50. The minimum atomic E-state index is -2.05. The second-order valence-corrected chi connectivity index (χ2v) is 2.36. The van der Waals surface area contributed by atoms with Crippen LogP contribution in [0.5, 0.6) is 0 Å². The third kappa shape index (κ3) is 2.92. The van der Waals surface area contributed by atoms with Gasteiger partial charge in [0.2, 0.25) is 5.66 Å². The van der Waals surface area contributed by atoms with Crippen molar-refractivity contribution in [3.63, 3.8) is 0 Å². The summed E-state index contributed by atoms with van der Waals surface area (Å²) in [6, 6.07) is 0. The number of azide groups is 1. The van der Waals surface area contributed by atoms with Gasteiger partial charge in [-0.2, -0.15) is 0 Å². The second-order valence-electron chi connectivity index (χ2n) is 2.36. The first kappa shape index (κ1) is 12.2. The maximum absolute atomic E-state index is 11.1. The average molecular weight is 202 g/mol. The Kier molecular flexibility index (Phi) is 4.41. The lowest BCUT2D eigenvalue weighted by molar-refractivity contribution is -0.153. The number of rotatable bonds is 4. The molecule has 0 aliphatic heterocycles. The number of hydrogen-bond donors (Lipinski definition) is 1. The Morgan fingerprint density at radius 2 is 2.07 bits per heavy atom. The zero-order valence-electron chi connectivity index (χ0n) is 7.76. The lowest BCUT2D eigenvalue weighted by atomic mass is 10.1. The van der Waals surface area contributed by atoms with Crippen molar-refractivity contribution >= 4 is 11.9 Å². The van der Waals surface area contributed by atoms with Gasteiger partial charge in [-0.05, 0) is 5.53 Å². The molecule has 0 rings (SSSR count). The van der Waals surface area contributed by atoms with Crippen molar-refractivity contribution in [1.29, 1.82) is 0 Å². The van der Waals surface area contributed by atoms with E-state index in [-0.39, 0.29) is 0 Å². The lowest BCUT2D eigenvalue weighted by Crippen LogP contribution is -2.48. The van der Waals surface area contributed by atoms with E-state index in [1.807, 2.05) is 0 Å². The average Bonchev–Trinajstić information content (AvgIpc) is 2.16. The maximum atomic E-state index is 11.1. The van der Waals surface area contributed by atoms with E-state index in [1.54, 1.807) is 0 Å². The predicted octanol–water partition coefficient (Wildman–Crippen LogP) is -0.312. The smallest absolute Gasteiger partial charge is 0.332 e. The summed E-state index contributed by atoms with van der Waals surface area (Å²) < 4.78 is 8.55. The Hall–Kier alpha value is -1.79. The fourth-order valence-corrected chi connectivity index (χ4v) is 0.697. The molecule has 2 N–H and O–H groups in total. The highest BCUT2D eigenvalue weighted by atomic mass is 16.5. The first-order valence-electron chi connectivity index (χ1n) is 3.50. The lowest BCUT2D eigenvalue weighted by Gasteiger charge is -2.18. The van der Waals surface area contributed by atoms with Crippen LogP contribution in [0.4, 0.5) is 0 Å². The molecule has 0 aromatic rings. The monoisotopic (exact) mass is 202 g/mol. The molecule has 0 amide bonds. The summed E-state index contributed by atoms with van der Waals surface area (Å²) in [5, 5.41) is 3.00. The van der Waals surface area contributed by atoms with Gasteiger partial charge in [-0.25, -0.2) is 4.79 Å². The highest BCUT2D eigenvalue weighted by Crippen LogP contribution is 2.12. The number of methoxy groups -OCH3 is 2. The van der Waals surface area contributed by atoms with E-state index in [0.717, 1.165) is 14.2 Å². The minimum Gasteiger partial charge on any atom is -0.469 e. The highest BCUT2D eigenvalue weighted by molar-refractivity contribution is 5.86. The van der Waals surface area contributed by atoms with E-state index >= 15 is 0 Å². The van der Waals surface area contributed by atoms with Crippen LogP contribution >= 0.6 is 0 Å². The van der Waals surface area contributed by atoms with Crippen molar-refractivity contribution in [2.24, 2.45) is 10.8 Å². The van der Waals surface area contributed by atoms with Gasteiger partial charge < -0.3 is 15.2 Å². The summed E-state index contributed by atoms with van der Waals surface area (Å²) in [6.07, 6.45) is -0.569. The fraction of sp³-hybridized carbons (Fsp3) is 0.667. The Balaban J connectivity index is 4.81. The molecule has 0 fully saturated rings. The predicted molar refractivity (Wildman–Crippen MR) is 44.7 cm³/mol. The van der Waals surface area contributed by atoms with Crippen LogP contribution in [-0.2, 0) is 19.1 Å². The van der Waals surface area contributed by atoms with Crippen LogP contribution in [0.3, 0.4) is 0 Å². The van der Waals surface area contributed by atoms with Gasteiger partial charge in [0, 0.05) is 4.91 Å². The van der Waals surface area contributed by atoms with Gasteiger partial charge in [-0.15, -0.1) is 0 Å². The summed E-state index contributed by atoms with van der Waals surface area (Å²) in [5.74, 6) is -1.77. The van der Waals surface area contributed by atoms with Gasteiger partial charge >= 0.3 is 11.9 Å². The molecule has 0 heterocycles. The molecule has 0 aliphatic rings. The fourth-order valence-electron chi connectivity index (χ4n) is 0.697. The number of carbonyl (C=O) groups is 2. The van der Waals surface area contributed by atoms with E-state index in [4.69, 9.17) is 11.3 Å². The molecule has 8 nitrogen and oxygen atoms in total. The van der Waals surface area contributed by atoms with Crippen molar-refractivity contribution in [1.82, 2.24) is 0 Å². The summed E-state index contributed by atoms with van der Waals surface area (Å²) in [5.41, 5.74) is 11.4. The Morgan fingerprint density at radius 1 is 1.50 bits per heavy atom. The molecule has 0 aromatic carbocycles. The molecular weight excluding hydrogens is 192 g/mol. The summed E-state index contributed by atoms with van der Waals surface area (Å²) in [4.78, 5) is 24.2. The minimum absolute atomic E-state index is 0.569. The summed E-state index contributed by atoms with van der Waals surface area (Å²) >= 11 is 0.